The number of benzene rings is 2. The Kier molecular flexibility index (Phi) is 6.18. The molecule has 2 aromatic rings. The maximum atomic E-state index is 12.6. The summed E-state index contributed by atoms with van der Waals surface area (Å²) in [6.07, 6.45) is 1.34. The van der Waals surface area contributed by atoms with Crippen LogP contribution in [0, 0.1) is 6.92 Å². The third-order valence-electron chi connectivity index (χ3n) is 4.03. The summed E-state index contributed by atoms with van der Waals surface area (Å²) in [5.74, 6) is -1.14. The molecule has 1 aliphatic rings. The van der Waals surface area contributed by atoms with E-state index in [0.29, 0.717) is 5.56 Å². The molecule has 1 aliphatic heterocycles. The van der Waals surface area contributed by atoms with Gasteiger partial charge in [-0.15, -0.1) is 0 Å². The van der Waals surface area contributed by atoms with Crippen molar-refractivity contribution >= 4 is 45.3 Å². The predicted molar refractivity (Wildman–Crippen MR) is 113 cm³/mol. The standard InChI is InChI=1S/C20H18N2O6S2/c1-3-27-17-11-13(10-15-18(23)21-20(29)22-19(15)24)6-9-16(17)28-30(25,26)14-7-4-12(2)5-8-14/h4-11H,3H2,1-2H3,(H2,21,22,23,24,29). The first-order chi connectivity index (χ1) is 14.2. The van der Waals surface area contributed by atoms with E-state index in [9.17, 15) is 18.0 Å². The van der Waals surface area contributed by atoms with Crippen LogP contribution in [0.4, 0.5) is 0 Å². The van der Waals surface area contributed by atoms with Gasteiger partial charge in [-0.3, -0.25) is 20.2 Å². The number of thiocarbonyl (C=S) groups is 1. The van der Waals surface area contributed by atoms with E-state index in [-0.39, 0.29) is 33.7 Å². The minimum atomic E-state index is -4.07. The van der Waals surface area contributed by atoms with Crippen LogP contribution in [0.15, 0.2) is 52.9 Å². The number of rotatable bonds is 6. The number of carbonyl (C=O) groups is 2. The molecular formula is C20H18N2O6S2. The fraction of sp³-hybridized carbons (Fsp3) is 0.150. The lowest BCUT2D eigenvalue weighted by Crippen LogP contribution is -2.51. The highest BCUT2D eigenvalue weighted by atomic mass is 32.2. The van der Waals surface area contributed by atoms with E-state index in [1.54, 1.807) is 19.1 Å². The Morgan fingerprint density at radius 3 is 2.23 bits per heavy atom. The van der Waals surface area contributed by atoms with Crippen LogP contribution in [0.3, 0.4) is 0 Å². The number of carbonyl (C=O) groups excluding carboxylic acids is 2. The second-order valence-electron chi connectivity index (χ2n) is 6.29. The Bertz CT molecular complexity index is 1130. The molecule has 0 saturated carbocycles. The Balaban J connectivity index is 1.93. The highest BCUT2D eigenvalue weighted by Gasteiger charge is 2.26. The summed E-state index contributed by atoms with van der Waals surface area (Å²) in [5.41, 5.74) is 1.21. The van der Waals surface area contributed by atoms with Gasteiger partial charge in [0.1, 0.15) is 10.5 Å². The molecule has 0 aliphatic carbocycles. The van der Waals surface area contributed by atoms with Gasteiger partial charge in [0.25, 0.3) is 11.8 Å². The van der Waals surface area contributed by atoms with Gasteiger partial charge in [0.2, 0.25) is 0 Å². The zero-order chi connectivity index (χ0) is 21.9. The maximum Gasteiger partial charge on any atom is 0.339 e. The van der Waals surface area contributed by atoms with Crippen LogP contribution in [0.2, 0.25) is 0 Å². The minimum Gasteiger partial charge on any atom is -0.490 e. The second kappa shape index (κ2) is 8.64. The van der Waals surface area contributed by atoms with E-state index in [2.05, 4.69) is 10.6 Å². The van der Waals surface area contributed by atoms with Crippen molar-refractivity contribution in [1.29, 1.82) is 0 Å². The fourth-order valence-corrected chi connectivity index (χ4v) is 3.72. The number of hydrogen-bond acceptors (Lipinski definition) is 7. The normalized spacial score (nSPS) is 14.1. The van der Waals surface area contributed by atoms with Gasteiger partial charge < -0.3 is 8.92 Å². The molecule has 3 rings (SSSR count). The van der Waals surface area contributed by atoms with Crippen LogP contribution in [-0.4, -0.2) is 32.0 Å². The third-order valence-corrected chi connectivity index (χ3v) is 5.48. The summed E-state index contributed by atoms with van der Waals surface area (Å²) in [5, 5.41) is 4.62. The summed E-state index contributed by atoms with van der Waals surface area (Å²) in [6, 6.07) is 10.6. The lowest BCUT2D eigenvalue weighted by molar-refractivity contribution is -0.123. The number of aryl methyl sites for hydroxylation is 1. The summed E-state index contributed by atoms with van der Waals surface area (Å²) < 4.78 is 35.9. The molecule has 30 heavy (non-hydrogen) atoms. The molecule has 156 valence electrons. The van der Waals surface area contributed by atoms with E-state index in [1.165, 1.54) is 36.4 Å². The zero-order valence-electron chi connectivity index (χ0n) is 16.1. The van der Waals surface area contributed by atoms with Crippen molar-refractivity contribution in [2.45, 2.75) is 18.7 Å². The molecular weight excluding hydrogens is 428 g/mol. The first kappa shape index (κ1) is 21.5. The molecule has 1 saturated heterocycles. The fourth-order valence-electron chi connectivity index (χ4n) is 2.60. The highest BCUT2D eigenvalue weighted by Crippen LogP contribution is 2.32. The van der Waals surface area contributed by atoms with E-state index < -0.39 is 21.9 Å². The molecule has 8 nitrogen and oxygen atoms in total. The molecule has 2 aromatic carbocycles. The molecule has 0 bridgehead atoms. The van der Waals surface area contributed by atoms with Gasteiger partial charge in [0, 0.05) is 0 Å². The first-order valence-corrected chi connectivity index (χ1v) is 10.7. The minimum absolute atomic E-state index is 0.00765. The van der Waals surface area contributed by atoms with Crippen LogP contribution < -0.4 is 19.6 Å². The van der Waals surface area contributed by atoms with E-state index >= 15 is 0 Å². The first-order valence-electron chi connectivity index (χ1n) is 8.86. The largest absolute Gasteiger partial charge is 0.490 e. The van der Waals surface area contributed by atoms with Crippen LogP contribution in [0.5, 0.6) is 11.5 Å². The number of ether oxygens (including phenoxy) is 1. The summed E-state index contributed by atoms with van der Waals surface area (Å²) >= 11 is 4.76. The molecule has 1 fully saturated rings. The van der Waals surface area contributed by atoms with Crippen molar-refractivity contribution in [2.24, 2.45) is 0 Å². The third kappa shape index (κ3) is 4.84. The van der Waals surface area contributed by atoms with Gasteiger partial charge in [-0.05, 0) is 62.0 Å². The van der Waals surface area contributed by atoms with Crippen LogP contribution >= 0.6 is 12.2 Å². The summed E-state index contributed by atoms with van der Waals surface area (Å²) in [4.78, 5) is 24.0. The van der Waals surface area contributed by atoms with Crippen molar-refractivity contribution in [3.05, 3.63) is 59.2 Å². The van der Waals surface area contributed by atoms with Gasteiger partial charge in [0.05, 0.1) is 6.61 Å². The van der Waals surface area contributed by atoms with Crippen molar-refractivity contribution in [2.75, 3.05) is 6.61 Å². The van der Waals surface area contributed by atoms with E-state index in [4.69, 9.17) is 21.1 Å². The Morgan fingerprint density at radius 2 is 1.63 bits per heavy atom. The Hall–Kier alpha value is -3.24. The zero-order valence-corrected chi connectivity index (χ0v) is 17.7. The van der Waals surface area contributed by atoms with Crippen molar-refractivity contribution in [3.8, 4) is 11.5 Å². The molecule has 0 unspecified atom stereocenters. The second-order valence-corrected chi connectivity index (χ2v) is 8.24. The molecule has 0 radical (unpaired) electrons. The lowest BCUT2D eigenvalue weighted by Gasteiger charge is -2.17. The van der Waals surface area contributed by atoms with Crippen molar-refractivity contribution in [1.82, 2.24) is 10.6 Å². The number of amides is 2. The number of nitrogens with one attached hydrogen (secondary N) is 2. The van der Waals surface area contributed by atoms with Crippen LogP contribution in [0.25, 0.3) is 6.08 Å². The van der Waals surface area contributed by atoms with Gasteiger partial charge in [0.15, 0.2) is 16.6 Å². The molecule has 0 aromatic heterocycles. The number of hydrogen-bond donors (Lipinski definition) is 2. The molecule has 2 N–H and O–H groups in total. The monoisotopic (exact) mass is 446 g/mol. The Morgan fingerprint density at radius 1 is 1.00 bits per heavy atom. The average Bonchev–Trinajstić information content (AvgIpc) is 2.67. The molecule has 1 heterocycles. The van der Waals surface area contributed by atoms with Crippen LogP contribution in [-0.2, 0) is 19.7 Å². The van der Waals surface area contributed by atoms with Gasteiger partial charge in [-0.2, -0.15) is 8.42 Å². The highest BCUT2D eigenvalue weighted by molar-refractivity contribution is 7.87. The lowest BCUT2D eigenvalue weighted by atomic mass is 10.1. The smallest absolute Gasteiger partial charge is 0.339 e. The topological polar surface area (TPSA) is 111 Å². The molecule has 0 atom stereocenters. The van der Waals surface area contributed by atoms with Gasteiger partial charge in [-0.25, -0.2) is 0 Å². The van der Waals surface area contributed by atoms with Crippen molar-refractivity contribution < 1.29 is 26.9 Å². The summed E-state index contributed by atoms with van der Waals surface area (Å²) in [6.45, 7) is 3.82. The average molecular weight is 447 g/mol. The predicted octanol–water partition coefficient (Wildman–Crippen LogP) is 2.08. The van der Waals surface area contributed by atoms with Gasteiger partial charge in [-0.1, -0.05) is 23.8 Å². The Labute approximate surface area is 179 Å². The molecule has 10 heteroatoms. The molecule has 2 amide bonds. The SMILES string of the molecule is CCOc1cc(C=C2C(=O)NC(=S)NC2=O)ccc1OS(=O)(=O)c1ccc(C)cc1. The van der Waals surface area contributed by atoms with Crippen LogP contribution in [0.1, 0.15) is 18.1 Å². The van der Waals surface area contributed by atoms with Gasteiger partial charge >= 0.3 is 10.1 Å². The van der Waals surface area contributed by atoms with E-state index in [1.807, 2.05) is 6.92 Å². The van der Waals surface area contributed by atoms with Crippen molar-refractivity contribution in [3.63, 3.8) is 0 Å². The van der Waals surface area contributed by atoms with E-state index in [0.717, 1.165) is 5.56 Å². The maximum absolute atomic E-state index is 12.6. The molecule has 0 spiro atoms. The quantitative estimate of drug-likeness (QED) is 0.302. The summed E-state index contributed by atoms with van der Waals surface area (Å²) in [7, 11) is -4.07.